The number of nitrogen functional groups attached to an aromatic ring is 1. The number of esters is 1. The summed E-state index contributed by atoms with van der Waals surface area (Å²) in [7, 11) is 1.36. The van der Waals surface area contributed by atoms with Crippen LogP contribution in [0, 0.1) is 0 Å². The van der Waals surface area contributed by atoms with Gasteiger partial charge < -0.3 is 15.8 Å². The summed E-state index contributed by atoms with van der Waals surface area (Å²) >= 11 is 1.90. The van der Waals surface area contributed by atoms with Gasteiger partial charge in [-0.05, 0) is 43.0 Å². The summed E-state index contributed by atoms with van der Waals surface area (Å²) in [4.78, 5) is 11.4. The molecular weight excluding hydrogens is 272 g/mol. The molecule has 0 spiro atoms. The van der Waals surface area contributed by atoms with E-state index < -0.39 is 0 Å². The summed E-state index contributed by atoms with van der Waals surface area (Å²) in [5, 5.41) is 3.31. The molecule has 0 radical (unpaired) electrons. The highest BCUT2D eigenvalue weighted by Gasteiger charge is 2.07. The topological polar surface area (TPSA) is 64.3 Å². The van der Waals surface area contributed by atoms with Crippen LogP contribution >= 0.6 is 11.8 Å². The van der Waals surface area contributed by atoms with E-state index in [4.69, 9.17) is 5.73 Å². The molecule has 4 nitrogen and oxygen atoms in total. The second-order valence-electron chi connectivity index (χ2n) is 4.63. The largest absolute Gasteiger partial charge is 0.465 e. The van der Waals surface area contributed by atoms with Crippen molar-refractivity contribution >= 4 is 29.1 Å². The average Bonchev–Trinajstić information content (AvgIpc) is 2.46. The van der Waals surface area contributed by atoms with Gasteiger partial charge in [0.05, 0.1) is 24.0 Å². The number of methoxy groups -OCH3 is 1. The number of hydrogen-bond acceptors (Lipinski definition) is 5. The summed E-state index contributed by atoms with van der Waals surface area (Å²) in [6.45, 7) is 0.904. The van der Waals surface area contributed by atoms with E-state index in [1.165, 1.54) is 32.1 Å². The molecule has 0 saturated carbocycles. The molecule has 1 rings (SSSR count). The number of carbonyl (C=O) groups is 1. The molecule has 0 aliphatic carbocycles. The van der Waals surface area contributed by atoms with Crippen molar-refractivity contribution in [3.8, 4) is 0 Å². The Labute approximate surface area is 125 Å². The predicted octanol–water partition coefficient (Wildman–Crippen LogP) is 3.39. The molecular formula is C15H24N2O2S. The highest BCUT2D eigenvalue weighted by Crippen LogP contribution is 2.20. The van der Waals surface area contributed by atoms with Gasteiger partial charge in [0, 0.05) is 6.54 Å². The second-order valence-corrected chi connectivity index (χ2v) is 5.61. The molecule has 0 amide bonds. The highest BCUT2D eigenvalue weighted by molar-refractivity contribution is 7.98. The van der Waals surface area contributed by atoms with Gasteiger partial charge in [-0.25, -0.2) is 4.79 Å². The van der Waals surface area contributed by atoms with Gasteiger partial charge in [-0.1, -0.05) is 12.8 Å². The van der Waals surface area contributed by atoms with Crippen LogP contribution in [0.15, 0.2) is 18.2 Å². The zero-order valence-corrected chi connectivity index (χ0v) is 13.1. The molecule has 0 unspecified atom stereocenters. The summed E-state index contributed by atoms with van der Waals surface area (Å²) in [6.07, 6.45) is 7.07. The lowest BCUT2D eigenvalue weighted by Crippen LogP contribution is -2.07. The van der Waals surface area contributed by atoms with Crippen molar-refractivity contribution in [2.75, 3.05) is 36.7 Å². The van der Waals surface area contributed by atoms with E-state index in [0.717, 1.165) is 18.7 Å². The zero-order valence-electron chi connectivity index (χ0n) is 12.3. The minimum absolute atomic E-state index is 0.364. The fourth-order valence-corrected chi connectivity index (χ4v) is 2.41. The van der Waals surface area contributed by atoms with Crippen molar-refractivity contribution in [2.45, 2.75) is 25.7 Å². The van der Waals surface area contributed by atoms with Crippen molar-refractivity contribution < 1.29 is 9.53 Å². The van der Waals surface area contributed by atoms with Gasteiger partial charge >= 0.3 is 5.97 Å². The van der Waals surface area contributed by atoms with Crippen LogP contribution in [-0.2, 0) is 4.74 Å². The number of hydrogen-bond donors (Lipinski definition) is 2. The van der Waals surface area contributed by atoms with Gasteiger partial charge in [-0.2, -0.15) is 11.8 Å². The van der Waals surface area contributed by atoms with Crippen molar-refractivity contribution in [1.82, 2.24) is 0 Å². The number of rotatable bonds is 9. The fraction of sp³-hybridized carbons (Fsp3) is 0.533. The maximum atomic E-state index is 11.4. The lowest BCUT2D eigenvalue weighted by Gasteiger charge is -2.10. The smallest absolute Gasteiger partial charge is 0.337 e. The van der Waals surface area contributed by atoms with Crippen molar-refractivity contribution in [3.05, 3.63) is 23.8 Å². The maximum absolute atomic E-state index is 11.4. The lowest BCUT2D eigenvalue weighted by molar-refractivity contribution is 0.0601. The van der Waals surface area contributed by atoms with E-state index in [-0.39, 0.29) is 5.97 Å². The van der Waals surface area contributed by atoms with E-state index in [9.17, 15) is 4.79 Å². The quantitative estimate of drug-likeness (QED) is 0.415. The summed E-state index contributed by atoms with van der Waals surface area (Å²) in [5.74, 6) is 0.882. The van der Waals surface area contributed by atoms with Gasteiger partial charge in [0.15, 0.2) is 0 Å². The number of ether oxygens (including phenoxy) is 1. The molecule has 0 saturated heterocycles. The highest BCUT2D eigenvalue weighted by atomic mass is 32.2. The van der Waals surface area contributed by atoms with E-state index in [0.29, 0.717) is 11.3 Å². The summed E-state index contributed by atoms with van der Waals surface area (Å²) in [5.41, 5.74) is 7.86. The Morgan fingerprint density at radius 1 is 1.30 bits per heavy atom. The van der Waals surface area contributed by atoms with Gasteiger partial charge in [-0.3, -0.25) is 0 Å². The molecule has 0 heterocycles. The Balaban J connectivity index is 2.32. The first-order chi connectivity index (χ1) is 9.69. The third-order valence-electron chi connectivity index (χ3n) is 3.06. The second kappa shape index (κ2) is 9.53. The predicted molar refractivity (Wildman–Crippen MR) is 87.5 cm³/mol. The van der Waals surface area contributed by atoms with E-state index in [2.05, 4.69) is 16.3 Å². The molecule has 3 N–H and O–H groups in total. The summed E-state index contributed by atoms with van der Waals surface area (Å²) in [6, 6.07) is 5.20. The Kier molecular flexibility index (Phi) is 7.95. The normalized spacial score (nSPS) is 10.3. The molecule has 0 fully saturated rings. The number of thioether (sulfide) groups is 1. The molecule has 0 atom stereocenters. The first-order valence-electron chi connectivity index (χ1n) is 6.89. The molecule has 5 heteroatoms. The third kappa shape index (κ3) is 5.74. The number of carbonyl (C=O) groups excluding carboxylic acids is 1. The third-order valence-corrected chi connectivity index (χ3v) is 3.76. The number of benzene rings is 1. The van der Waals surface area contributed by atoms with Gasteiger partial charge in [0.2, 0.25) is 0 Å². The van der Waals surface area contributed by atoms with Crippen LogP contribution in [0.25, 0.3) is 0 Å². The Morgan fingerprint density at radius 2 is 2.05 bits per heavy atom. The number of unbranched alkanes of at least 4 members (excludes halogenated alkanes) is 3. The van der Waals surface area contributed by atoms with Crippen molar-refractivity contribution in [2.24, 2.45) is 0 Å². The molecule has 1 aromatic carbocycles. The SMILES string of the molecule is COC(=O)c1ccc(NCCCCCCSC)c(N)c1. The van der Waals surface area contributed by atoms with Crippen LogP contribution in [0.2, 0.25) is 0 Å². The van der Waals surface area contributed by atoms with Gasteiger partial charge in [0.1, 0.15) is 0 Å². The van der Waals surface area contributed by atoms with E-state index in [1.54, 1.807) is 12.1 Å². The molecule has 0 aromatic heterocycles. The minimum atomic E-state index is -0.364. The van der Waals surface area contributed by atoms with Crippen LogP contribution < -0.4 is 11.1 Å². The molecule has 0 aliphatic heterocycles. The number of nitrogens with two attached hydrogens (primary N) is 1. The van der Waals surface area contributed by atoms with Crippen LogP contribution in [0.1, 0.15) is 36.0 Å². The standard InChI is InChI=1S/C15H24N2O2S/c1-19-15(18)12-7-8-14(13(16)11-12)17-9-5-3-4-6-10-20-2/h7-8,11,17H,3-6,9-10,16H2,1-2H3. The Hall–Kier alpha value is -1.36. The molecule has 20 heavy (non-hydrogen) atoms. The zero-order chi connectivity index (χ0) is 14.8. The van der Waals surface area contributed by atoms with E-state index >= 15 is 0 Å². The van der Waals surface area contributed by atoms with E-state index in [1.807, 2.05) is 17.8 Å². The fourth-order valence-electron chi connectivity index (χ4n) is 1.92. The van der Waals surface area contributed by atoms with Crippen LogP contribution in [0.4, 0.5) is 11.4 Å². The first kappa shape index (κ1) is 16.7. The van der Waals surface area contributed by atoms with Gasteiger partial charge in [-0.15, -0.1) is 0 Å². The van der Waals surface area contributed by atoms with Crippen LogP contribution in [0.3, 0.4) is 0 Å². The number of nitrogens with one attached hydrogen (secondary N) is 1. The van der Waals surface area contributed by atoms with Crippen LogP contribution in [-0.4, -0.2) is 31.6 Å². The Morgan fingerprint density at radius 3 is 2.70 bits per heavy atom. The average molecular weight is 296 g/mol. The Bertz CT molecular complexity index is 424. The maximum Gasteiger partial charge on any atom is 0.337 e. The van der Waals surface area contributed by atoms with Crippen molar-refractivity contribution in [1.29, 1.82) is 0 Å². The summed E-state index contributed by atoms with van der Waals surface area (Å²) < 4.78 is 4.66. The van der Waals surface area contributed by atoms with Gasteiger partial charge in [0.25, 0.3) is 0 Å². The van der Waals surface area contributed by atoms with Crippen LogP contribution in [0.5, 0.6) is 0 Å². The molecule has 1 aromatic rings. The molecule has 112 valence electrons. The number of anilines is 2. The molecule has 0 aliphatic rings. The monoisotopic (exact) mass is 296 g/mol. The minimum Gasteiger partial charge on any atom is -0.465 e. The van der Waals surface area contributed by atoms with Crippen molar-refractivity contribution in [3.63, 3.8) is 0 Å². The lowest BCUT2D eigenvalue weighted by atomic mass is 10.1. The first-order valence-corrected chi connectivity index (χ1v) is 8.29. The molecule has 0 bridgehead atoms.